The van der Waals surface area contributed by atoms with Gasteiger partial charge in [-0.15, -0.1) is 0 Å². The molecule has 0 saturated heterocycles. The minimum Gasteiger partial charge on any atom is -0.252 e. The first-order chi connectivity index (χ1) is 10.1. The van der Waals surface area contributed by atoms with Gasteiger partial charge in [-0.2, -0.15) is 0 Å². The van der Waals surface area contributed by atoms with Crippen LogP contribution >= 0.6 is 0 Å². The van der Waals surface area contributed by atoms with E-state index in [1.54, 1.807) is 0 Å². The highest BCUT2D eigenvalue weighted by Crippen LogP contribution is 2.47. The van der Waals surface area contributed by atoms with E-state index in [0.29, 0.717) is 6.42 Å². The largest absolute Gasteiger partial charge is 0.252 e. The van der Waals surface area contributed by atoms with Crippen LogP contribution in [0.1, 0.15) is 30.7 Å². The maximum atomic E-state index is 5.83. The monoisotopic (exact) mass is 271 g/mol. The zero-order valence-corrected chi connectivity index (χ0v) is 12.4. The first kappa shape index (κ1) is 12.6. The van der Waals surface area contributed by atoms with Gasteiger partial charge in [0.05, 0.1) is 5.69 Å². The van der Waals surface area contributed by atoms with Crippen molar-refractivity contribution in [1.29, 1.82) is 0 Å². The van der Waals surface area contributed by atoms with Crippen molar-refractivity contribution in [3.8, 4) is 11.3 Å². The topological polar surface area (TPSA) is 12.9 Å². The number of nitrogens with zero attached hydrogens (tertiary/aromatic N) is 1. The molecule has 0 fully saturated rings. The Hall–Kier alpha value is -2.15. The van der Waals surface area contributed by atoms with Crippen LogP contribution in [0.15, 0.2) is 48.5 Å². The molecule has 0 N–H and O–H groups in total. The van der Waals surface area contributed by atoms with E-state index in [2.05, 4.69) is 62.4 Å². The molecule has 102 valence electrons. The maximum Gasteiger partial charge on any atom is 0.0789 e. The predicted molar refractivity (Wildman–Crippen MR) is 87.3 cm³/mol. The number of benzene rings is 2. The molecular weight excluding hydrogens is 254 g/mol. The lowest BCUT2D eigenvalue weighted by Gasteiger charge is -2.34. The average Bonchev–Trinajstić information content (AvgIpc) is 2.52. The van der Waals surface area contributed by atoms with Crippen molar-refractivity contribution in [2.45, 2.75) is 25.7 Å². The molecule has 2 aromatic carbocycles. The van der Waals surface area contributed by atoms with Gasteiger partial charge in [-0.25, -0.2) is 0 Å². The lowest BCUT2D eigenvalue weighted by atomic mass is 9.70. The predicted octanol–water partition coefficient (Wildman–Crippen LogP) is 4.79. The van der Waals surface area contributed by atoms with Crippen LogP contribution in [0, 0.1) is 6.92 Å². The zero-order chi connectivity index (χ0) is 14.6. The minimum absolute atomic E-state index is 0.00495. The molecule has 1 heteroatoms. The second-order valence-electron chi connectivity index (χ2n) is 6.24. The van der Waals surface area contributed by atoms with Crippen molar-refractivity contribution in [3.63, 3.8) is 0 Å². The molecule has 0 bridgehead atoms. The number of fused-ring (bicyclic) bond motifs is 2. The molecule has 2 radical (unpaired) electrons. The molecule has 4 rings (SSSR count). The summed E-state index contributed by atoms with van der Waals surface area (Å²) in [5.41, 5.74) is 5.95. The molecule has 0 aliphatic heterocycles. The number of aromatic nitrogens is 1. The van der Waals surface area contributed by atoms with Crippen LogP contribution in [0.3, 0.4) is 0 Å². The Kier molecular flexibility index (Phi) is 2.50. The van der Waals surface area contributed by atoms with E-state index in [9.17, 15) is 0 Å². The fourth-order valence-corrected chi connectivity index (χ4v) is 3.57. The van der Waals surface area contributed by atoms with Gasteiger partial charge in [0, 0.05) is 22.1 Å². The summed E-state index contributed by atoms with van der Waals surface area (Å²) in [5, 5.41) is 2.51. The quantitative estimate of drug-likeness (QED) is 0.620. The van der Waals surface area contributed by atoms with Gasteiger partial charge in [-0.1, -0.05) is 56.3 Å². The molecule has 1 aromatic heterocycles. The maximum absolute atomic E-state index is 5.83. The summed E-state index contributed by atoms with van der Waals surface area (Å²) < 4.78 is 0. The second kappa shape index (κ2) is 4.17. The Bertz CT molecular complexity index is 859. The zero-order valence-electron chi connectivity index (χ0n) is 12.4. The van der Waals surface area contributed by atoms with Gasteiger partial charge in [0.15, 0.2) is 0 Å². The van der Waals surface area contributed by atoms with Crippen molar-refractivity contribution < 1.29 is 0 Å². The molecular formula is C20H17N. The highest BCUT2D eigenvalue weighted by Gasteiger charge is 2.33. The Labute approximate surface area is 125 Å². The molecule has 1 nitrogen and oxygen atoms in total. The van der Waals surface area contributed by atoms with Gasteiger partial charge in [0.1, 0.15) is 0 Å². The average molecular weight is 271 g/mol. The number of hydrogen-bond acceptors (Lipinski definition) is 1. The molecule has 3 aromatic rings. The van der Waals surface area contributed by atoms with E-state index in [1.165, 1.54) is 27.5 Å². The third-order valence-corrected chi connectivity index (χ3v) is 4.65. The molecule has 0 spiro atoms. The number of pyridine rings is 1. The smallest absolute Gasteiger partial charge is 0.0789 e. The van der Waals surface area contributed by atoms with E-state index in [1.807, 2.05) is 0 Å². The van der Waals surface area contributed by atoms with Gasteiger partial charge in [0.2, 0.25) is 0 Å². The summed E-state index contributed by atoms with van der Waals surface area (Å²) in [6, 6.07) is 17.2. The summed E-state index contributed by atoms with van der Waals surface area (Å²) in [7, 11) is 0. The molecule has 1 aliphatic carbocycles. The van der Waals surface area contributed by atoms with Crippen LogP contribution < -0.4 is 0 Å². The van der Waals surface area contributed by atoms with Crippen molar-refractivity contribution >= 4 is 10.8 Å². The molecule has 1 heterocycles. The highest BCUT2D eigenvalue weighted by atomic mass is 14.7. The summed E-state index contributed by atoms with van der Waals surface area (Å²) in [6.45, 7) is 10.4. The molecule has 21 heavy (non-hydrogen) atoms. The minimum atomic E-state index is -0.00495. The van der Waals surface area contributed by atoms with Crippen molar-refractivity contribution in [2.75, 3.05) is 0 Å². The Morgan fingerprint density at radius 3 is 2.57 bits per heavy atom. The Morgan fingerprint density at radius 1 is 1.00 bits per heavy atom. The van der Waals surface area contributed by atoms with Gasteiger partial charge in [-0.05, 0) is 35.9 Å². The summed E-state index contributed by atoms with van der Waals surface area (Å²) in [4.78, 5) is 4.83. The van der Waals surface area contributed by atoms with Crippen LogP contribution in [0.5, 0.6) is 0 Å². The first-order valence-corrected chi connectivity index (χ1v) is 7.36. The third kappa shape index (κ3) is 1.61. The van der Waals surface area contributed by atoms with Crippen molar-refractivity contribution in [1.82, 2.24) is 4.98 Å². The summed E-state index contributed by atoms with van der Waals surface area (Å²) in [5.74, 6) is 0. The van der Waals surface area contributed by atoms with E-state index in [-0.39, 0.29) is 5.41 Å². The lowest BCUT2D eigenvalue weighted by Crippen LogP contribution is -2.24. The molecule has 0 saturated carbocycles. The van der Waals surface area contributed by atoms with E-state index in [4.69, 9.17) is 11.9 Å². The van der Waals surface area contributed by atoms with Gasteiger partial charge >= 0.3 is 0 Å². The SMILES string of the molecule is [CH]Cc1cc2cccc3c2c(n1)-c1ccccc1C3(C)C. The normalized spacial score (nSPS) is 15.0. The van der Waals surface area contributed by atoms with Gasteiger partial charge in [0.25, 0.3) is 0 Å². The fraction of sp³-hybridized carbons (Fsp3) is 0.200. The van der Waals surface area contributed by atoms with Gasteiger partial charge in [-0.3, -0.25) is 4.98 Å². The van der Waals surface area contributed by atoms with Crippen LogP contribution in [0.2, 0.25) is 0 Å². The summed E-state index contributed by atoms with van der Waals surface area (Å²) in [6.07, 6.45) is 0.471. The van der Waals surface area contributed by atoms with Crippen LogP contribution in [0.25, 0.3) is 22.0 Å². The molecule has 0 amide bonds. The molecule has 1 aliphatic rings. The fourth-order valence-electron chi connectivity index (χ4n) is 3.57. The third-order valence-electron chi connectivity index (χ3n) is 4.65. The number of rotatable bonds is 1. The van der Waals surface area contributed by atoms with Crippen LogP contribution in [-0.2, 0) is 11.8 Å². The van der Waals surface area contributed by atoms with E-state index >= 15 is 0 Å². The first-order valence-electron chi connectivity index (χ1n) is 7.36. The Balaban J connectivity index is 2.24. The molecule has 0 unspecified atom stereocenters. The summed E-state index contributed by atoms with van der Waals surface area (Å²) >= 11 is 0. The van der Waals surface area contributed by atoms with Crippen molar-refractivity contribution in [2.24, 2.45) is 0 Å². The van der Waals surface area contributed by atoms with Crippen LogP contribution in [0.4, 0.5) is 0 Å². The van der Waals surface area contributed by atoms with Crippen molar-refractivity contribution in [3.05, 3.63) is 72.3 Å². The van der Waals surface area contributed by atoms with Gasteiger partial charge < -0.3 is 0 Å². The van der Waals surface area contributed by atoms with E-state index < -0.39 is 0 Å². The Morgan fingerprint density at radius 2 is 1.76 bits per heavy atom. The van der Waals surface area contributed by atoms with E-state index in [0.717, 1.165) is 11.4 Å². The highest BCUT2D eigenvalue weighted by molar-refractivity contribution is 6.01. The lowest BCUT2D eigenvalue weighted by molar-refractivity contribution is 0.644. The second-order valence-corrected chi connectivity index (χ2v) is 6.24. The standard InChI is InChI=1S/C20H17N/c1-4-14-12-13-8-7-11-17-18(13)19(21-14)15-9-5-6-10-16(15)20(17,2)3/h1,5-12H,4H2,2-3H3. The van der Waals surface area contributed by atoms with Crippen LogP contribution in [-0.4, -0.2) is 4.98 Å². The number of hydrogen-bond donors (Lipinski definition) is 0. The molecule has 0 atom stereocenters.